The molecule has 2 heterocycles. The molecule has 0 saturated carbocycles. The van der Waals surface area contributed by atoms with Crippen molar-refractivity contribution >= 4 is 17.5 Å². The molecule has 0 bridgehead atoms. The number of carbonyl (C=O) groups is 1. The van der Waals surface area contributed by atoms with E-state index in [9.17, 15) is 9.18 Å². The second-order valence-electron chi connectivity index (χ2n) is 3.83. The topological polar surface area (TPSA) is 44.9 Å². The van der Waals surface area contributed by atoms with E-state index in [-0.39, 0.29) is 11.6 Å². The van der Waals surface area contributed by atoms with Crippen LogP contribution in [0, 0.1) is 5.82 Å². The molecule has 0 amide bonds. The van der Waals surface area contributed by atoms with E-state index in [1.165, 1.54) is 12.3 Å². The molecule has 4 heteroatoms. The molecule has 1 aliphatic rings. The Balaban J connectivity index is 1.99. The van der Waals surface area contributed by atoms with Gasteiger partial charge in [-0.1, -0.05) is 12.1 Å². The molecule has 1 aliphatic heterocycles. The van der Waals surface area contributed by atoms with Crippen LogP contribution in [0.1, 0.15) is 16.1 Å². The predicted molar refractivity (Wildman–Crippen MR) is 63.1 cm³/mol. The SMILES string of the molecule is O=C1C(=Cc2cc(F)c[nH]2)Nc2ccccc21. The summed E-state index contributed by atoms with van der Waals surface area (Å²) in [7, 11) is 0. The molecule has 0 saturated heterocycles. The Morgan fingerprint density at radius 2 is 2.06 bits per heavy atom. The minimum atomic E-state index is -0.347. The molecule has 1 aromatic carbocycles. The average Bonchev–Trinajstić information content (AvgIpc) is 2.86. The number of fused-ring (bicyclic) bond motifs is 1. The third-order valence-electron chi connectivity index (χ3n) is 2.66. The largest absolute Gasteiger partial charge is 0.359 e. The van der Waals surface area contributed by atoms with Gasteiger partial charge in [-0.15, -0.1) is 0 Å². The van der Waals surface area contributed by atoms with Crippen LogP contribution in [0.2, 0.25) is 0 Å². The smallest absolute Gasteiger partial charge is 0.211 e. The van der Waals surface area contributed by atoms with Crippen molar-refractivity contribution in [3.63, 3.8) is 0 Å². The molecule has 0 radical (unpaired) electrons. The molecule has 0 aliphatic carbocycles. The van der Waals surface area contributed by atoms with Crippen molar-refractivity contribution < 1.29 is 9.18 Å². The van der Waals surface area contributed by atoms with Gasteiger partial charge in [0.15, 0.2) is 0 Å². The molecule has 2 aromatic rings. The van der Waals surface area contributed by atoms with Crippen LogP contribution in [0.5, 0.6) is 0 Å². The maximum Gasteiger partial charge on any atom is 0.211 e. The number of ketones is 1. The quantitative estimate of drug-likeness (QED) is 0.737. The van der Waals surface area contributed by atoms with E-state index in [1.54, 1.807) is 12.1 Å². The summed E-state index contributed by atoms with van der Waals surface area (Å²) in [6, 6.07) is 8.61. The maximum atomic E-state index is 12.8. The van der Waals surface area contributed by atoms with Crippen LogP contribution in [0.15, 0.2) is 42.2 Å². The molecular weight excluding hydrogens is 219 g/mol. The lowest BCUT2D eigenvalue weighted by Crippen LogP contribution is -1.99. The van der Waals surface area contributed by atoms with E-state index in [0.717, 1.165) is 5.69 Å². The molecule has 3 nitrogen and oxygen atoms in total. The van der Waals surface area contributed by atoms with Gasteiger partial charge in [0.05, 0.1) is 5.70 Å². The van der Waals surface area contributed by atoms with Crippen molar-refractivity contribution in [1.82, 2.24) is 4.98 Å². The molecule has 0 atom stereocenters. The van der Waals surface area contributed by atoms with Gasteiger partial charge in [-0.05, 0) is 24.3 Å². The monoisotopic (exact) mass is 228 g/mol. The Kier molecular flexibility index (Phi) is 2.08. The van der Waals surface area contributed by atoms with Gasteiger partial charge in [0, 0.05) is 23.1 Å². The number of nitrogens with one attached hydrogen (secondary N) is 2. The van der Waals surface area contributed by atoms with Gasteiger partial charge in [-0.3, -0.25) is 4.79 Å². The third-order valence-corrected chi connectivity index (χ3v) is 2.66. The molecule has 0 spiro atoms. The minimum absolute atomic E-state index is 0.0735. The summed E-state index contributed by atoms with van der Waals surface area (Å²) >= 11 is 0. The zero-order chi connectivity index (χ0) is 11.8. The number of hydrogen-bond acceptors (Lipinski definition) is 2. The first kappa shape index (κ1) is 9.84. The number of anilines is 1. The van der Waals surface area contributed by atoms with E-state index in [1.807, 2.05) is 18.2 Å². The minimum Gasteiger partial charge on any atom is -0.359 e. The number of carbonyl (C=O) groups excluding carboxylic acids is 1. The van der Waals surface area contributed by atoms with Crippen LogP contribution in [0.3, 0.4) is 0 Å². The number of rotatable bonds is 1. The number of aromatic amines is 1. The Morgan fingerprint density at radius 1 is 1.24 bits per heavy atom. The number of para-hydroxylation sites is 1. The van der Waals surface area contributed by atoms with Gasteiger partial charge in [-0.2, -0.15) is 0 Å². The van der Waals surface area contributed by atoms with Crippen LogP contribution >= 0.6 is 0 Å². The highest BCUT2D eigenvalue weighted by molar-refractivity contribution is 6.20. The fraction of sp³-hybridized carbons (Fsp3) is 0. The molecular formula is C13H9FN2O. The number of Topliss-reactive ketones (excluding diaryl/α,β-unsaturated/α-hetero) is 1. The van der Waals surface area contributed by atoms with E-state index in [0.29, 0.717) is 17.0 Å². The van der Waals surface area contributed by atoms with Crippen molar-refractivity contribution in [1.29, 1.82) is 0 Å². The lowest BCUT2D eigenvalue weighted by molar-refractivity contribution is 0.104. The number of allylic oxidation sites excluding steroid dienone is 1. The van der Waals surface area contributed by atoms with Gasteiger partial charge in [-0.25, -0.2) is 4.39 Å². The summed E-state index contributed by atoms with van der Waals surface area (Å²) in [6.45, 7) is 0. The van der Waals surface area contributed by atoms with Gasteiger partial charge >= 0.3 is 0 Å². The molecule has 17 heavy (non-hydrogen) atoms. The summed E-state index contributed by atoms with van der Waals surface area (Å²) in [5.74, 6) is -0.421. The number of H-pyrrole nitrogens is 1. The predicted octanol–water partition coefficient (Wildman–Crippen LogP) is 2.80. The van der Waals surface area contributed by atoms with E-state index in [2.05, 4.69) is 10.3 Å². The molecule has 84 valence electrons. The van der Waals surface area contributed by atoms with Gasteiger partial charge < -0.3 is 10.3 Å². The lowest BCUT2D eigenvalue weighted by Gasteiger charge is -1.96. The average molecular weight is 228 g/mol. The molecule has 2 N–H and O–H groups in total. The van der Waals surface area contributed by atoms with Gasteiger partial charge in [0.25, 0.3) is 0 Å². The Labute approximate surface area is 97.0 Å². The highest BCUT2D eigenvalue weighted by Gasteiger charge is 2.23. The van der Waals surface area contributed by atoms with Crippen molar-refractivity contribution in [2.45, 2.75) is 0 Å². The maximum absolute atomic E-state index is 12.8. The van der Waals surface area contributed by atoms with Crippen molar-refractivity contribution in [2.75, 3.05) is 5.32 Å². The van der Waals surface area contributed by atoms with Crippen LogP contribution in [0.25, 0.3) is 6.08 Å². The second-order valence-corrected chi connectivity index (χ2v) is 3.83. The number of halogens is 1. The van der Waals surface area contributed by atoms with E-state index in [4.69, 9.17) is 0 Å². The fourth-order valence-corrected chi connectivity index (χ4v) is 1.86. The van der Waals surface area contributed by atoms with E-state index >= 15 is 0 Å². The van der Waals surface area contributed by atoms with Crippen LogP contribution < -0.4 is 5.32 Å². The highest BCUT2D eigenvalue weighted by Crippen LogP contribution is 2.28. The van der Waals surface area contributed by atoms with Crippen molar-refractivity contribution in [3.05, 3.63) is 59.3 Å². The first-order valence-electron chi connectivity index (χ1n) is 5.20. The Morgan fingerprint density at radius 3 is 2.76 bits per heavy atom. The number of hydrogen-bond donors (Lipinski definition) is 2. The molecule has 1 aromatic heterocycles. The standard InChI is InChI=1S/C13H9FN2O/c14-8-5-9(15-7-8)6-12-13(17)10-3-1-2-4-11(10)16-12/h1-7,15-16H. The zero-order valence-corrected chi connectivity index (χ0v) is 8.83. The van der Waals surface area contributed by atoms with E-state index < -0.39 is 0 Å². The Hall–Kier alpha value is -2.36. The van der Waals surface area contributed by atoms with Crippen LogP contribution in [0.4, 0.5) is 10.1 Å². The van der Waals surface area contributed by atoms with Gasteiger partial charge in [0.2, 0.25) is 5.78 Å². The van der Waals surface area contributed by atoms with Crippen molar-refractivity contribution in [3.8, 4) is 0 Å². The number of aromatic nitrogens is 1. The fourth-order valence-electron chi connectivity index (χ4n) is 1.86. The first-order valence-corrected chi connectivity index (χ1v) is 5.20. The molecule has 3 rings (SSSR count). The molecule has 0 unspecified atom stereocenters. The van der Waals surface area contributed by atoms with Crippen LogP contribution in [-0.4, -0.2) is 10.8 Å². The summed E-state index contributed by atoms with van der Waals surface area (Å²) in [6.07, 6.45) is 2.85. The summed E-state index contributed by atoms with van der Waals surface area (Å²) in [4.78, 5) is 14.7. The summed E-state index contributed by atoms with van der Waals surface area (Å²) in [5.41, 5.74) is 2.45. The zero-order valence-electron chi connectivity index (χ0n) is 8.83. The normalized spacial score (nSPS) is 16.1. The first-order chi connectivity index (χ1) is 8.24. The van der Waals surface area contributed by atoms with Gasteiger partial charge in [0.1, 0.15) is 5.82 Å². The highest BCUT2D eigenvalue weighted by atomic mass is 19.1. The lowest BCUT2D eigenvalue weighted by atomic mass is 10.1. The van der Waals surface area contributed by atoms with Crippen molar-refractivity contribution in [2.24, 2.45) is 0 Å². The Bertz CT molecular complexity index is 628. The summed E-state index contributed by atoms with van der Waals surface area (Å²) < 4.78 is 12.8. The number of benzene rings is 1. The summed E-state index contributed by atoms with van der Waals surface area (Å²) in [5, 5.41) is 3.01. The molecule has 0 fully saturated rings. The second kappa shape index (κ2) is 3.59. The van der Waals surface area contributed by atoms with Crippen LogP contribution in [-0.2, 0) is 0 Å². The third kappa shape index (κ3) is 1.63.